The summed E-state index contributed by atoms with van der Waals surface area (Å²) < 4.78 is 5.32. The second-order valence-corrected chi connectivity index (χ2v) is 3.46. The number of methoxy groups -OCH3 is 1. The van der Waals surface area contributed by atoms with E-state index in [9.17, 15) is 0 Å². The second-order valence-electron chi connectivity index (χ2n) is 3.46. The Morgan fingerprint density at radius 3 is 2.73 bits per heavy atom. The zero-order valence-electron chi connectivity index (χ0n) is 9.74. The average Bonchev–Trinajstić information content (AvgIpc) is 2.25. The number of rotatable bonds is 3. The quantitative estimate of drug-likeness (QED) is 0.692. The molecular weight excluding hydrogens is 186 g/mol. The van der Waals surface area contributed by atoms with Crippen molar-refractivity contribution in [1.82, 2.24) is 0 Å². The predicted molar refractivity (Wildman–Crippen MR) is 65.8 cm³/mol. The molecular formula is C13H17NO. The molecule has 2 heteroatoms. The number of ether oxygens (including phenoxy) is 1. The van der Waals surface area contributed by atoms with Gasteiger partial charge in [0.15, 0.2) is 0 Å². The molecule has 0 heterocycles. The molecule has 0 aliphatic heterocycles. The minimum atomic E-state index is 0.902. The van der Waals surface area contributed by atoms with E-state index in [0.29, 0.717) is 0 Å². The van der Waals surface area contributed by atoms with Crippen LogP contribution in [0.15, 0.2) is 29.3 Å². The number of hydrogen-bond donors (Lipinski definition) is 0. The van der Waals surface area contributed by atoms with Crippen LogP contribution in [0.2, 0.25) is 0 Å². The monoisotopic (exact) mass is 203 g/mol. The fourth-order valence-electron chi connectivity index (χ4n) is 1.41. The molecule has 0 amide bonds. The number of allylic oxidation sites excluding steroid dienone is 2. The van der Waals surface area contributed by atoms with Gasteiger partial charge in [0.25, 0.3) is 0 Å². The number of hydrogen-bond acceptors (Lipinski definition) is 2. The van der Waals surface area contributed by atoms with Gasteiger partial charge in [-0.2, -0.15) is 0 Å². The van der Waals surface area contributed by atoms with Crippen LogP contribution >= 0.6 is 0 Å². The summed E-state index contributed by atoms with van der Waals surface area (Å²) in [6, 6.07) is 6.16. The molecule has 1 aromatic rings. The average molecular weight is 203 g/mol. The highest BCUT2D eigenvalue weighted by atomic mass is 16.5. The highest BCUT2D eigenvalue weighted by Crippen LogP contribution is 2.26. The smallest absolute Gasteiger partial charge is 0.126 e. The van der Waals surface area contributed by atoms with Crippen LogP contribution < -0.4 is 4.74 Å². The lowest BCUT2D eigenvalue weighted by Gasteiger charge is -2.09. The largest absolute Gasteiger partial charge is 0.496 e. The molecule has 1 aromatic carbocycles. The van der Waals surface area contributed by atoms with Gasteiger partial charge in [-0.3, -0.25) is 4.99 Å². The van der Waals surface area contributed by atoms with Gasteiger partial charge in [-0.05, 0) is 37.6 Å². The zero-order valence-corrected chi connectivity index (χ0v) is 9.74. The van der Waals surface area contributed by atoms with Crippen molar-refractivity contribution in [1.29, 1.82) is 0 Å². The van der Waals surface area contributed by atoms with Crippen LogP contribution in [0, 0.1) is 6.92 Å². The van der Waals surface area contributed by atoms with Crippen LogP contribution in [0.5, 0.6) is 5.75 Å². The van der Waals surface area contributed by atoms with Crippen LogP contribution in [-0.4, -0.2) is 20.4 Å². The Kier molecular flexibility index (Phi) is 4.10. The minimum Gasteiger partial charge on any atom is -0.496 e. The van der Waals surface area contributed by atoms with E-state index >= 15 is 0 Å². The predicted octanol–water partition coefficient (Wildman–Crippen LogP) is 3.11. The third-order valence-corrected chi connectivity index (χ3v) is 2.25. The van der Waals surface area contributed by atoms with Gasteiger partial charge in [0, 0.05) is 18.8 Å². The Hall–Kier alpha value is -1.57. The molecule has 80 valence electrons. The fourth-order valence-corrected chi connectivity index (χ4v) is 1.41. The molecule has 0 aromatic heterocycles. The maximum absolute atomic E-state index is 5.32. The van der Waals surface area contributed by atoms with Crippen molar-refractivity contribution >= 4 is 11.8 Å². The third-order valence-electron chi connectivity index (χ3n) is 2.25. The van der Waals surface area contributed by atoms with Crippen molar-refractivity contribution in [2.24, 2.45) is 4.99 Å². The first-order valence-corrected chi connectivity index (χ1v) is 4.93. The van der Waals surface area contributed by atoms with E-state index in [1.807, 2.05) is 18.2 Å². The van der Waals surface area contributed by atoms with E-state index in [4.69, 9.17) is 4.74 Å². The Bertz CT molecular complexity index is 392. The van der Waals surface area contributed by atoms with Crippen LogP contribution in [0.25, 0.3) is 5.57 Å². The van der Waals surface area contributed by atoms with Gasteiger partial charge in [0.1, 0.15) is 5.75 Å². The lowest BCUT2D eigenvalue weighted by Crippen LogP contribution is -1.91. The molecule has 0 unspecified atom stereocenters. The standard InChI is InChI=1S/C13H17NO/c1-10-5-6-13(15-4)12(9-10)11(2)7-8-14-3/h5-9H,1-4H3/b11-7+,14-8-. The molecule has 0 aliphatic carbocycles. The van der Waals surface area contributed by atoms with Crippen LogP contribution in [0.3, 0.4) is 0 Å². The minimum absolute atomic E-state index is 0.902. The number of nitrogens with zero attached hydrogens (tertiary/aromatic N) is 1. The highest BCUT2D eigenvalue weighted by molar-refractivity contribution is 5.85. The van der Waals surface area contributed by atoms with Crippen molar-refractivity contribution in [2.75, 3.05) is 14.2 Å². The maximum atomic E-state index is 5.32. The SMILES string of the molecule is C/N=C\C=C(/C)c1cc(C)ccc1OC. The van der Waals surface area contributed by atoms with E-state index in [1.165, 1.54) is 5.56 Å². The summed E-state index contributed by atoms with van der Waals surface area (Å²) in [6.45, 7) is 4.13. The van der Waals surface area contributed by atoms with Gasteiger partial charge in [0.2, 0.25) is 0 Å². The van der Waals surface area contributed by atoms with E-state index < -0.39 is 0 Å². The molecule has 0 N–H and O–H groups in total. The van der Waals surface area contributed by atoms with Crippen molar-refractivity contribution in [2.45, 2.75) is 13.8 Å². The number of aryl methyl sites for hydroxylation is 1. The normalized spacial score (nSPS) is 12.1. The molecule has 0 saturated heterocycles. The van der Waals surface area contributed by atoms with Crippen molar-refractivity contribution in [3.63, 3.8) is 0 Å². The van der Waals surface area contributed by atoms with E-state index in [1.54, 1.807) is 20.4 Å². The van der Waals surface area contributed by atoms with Gasteiger partial charge < -0.3 is 4.74 Å². The highest BCUT2D eigenvalue weighted by Gasteiger charge is 2.03. The van der Waals surface area contributed by atoms with Gasteiger partial charge >= 0.3 is 0 Å². The molecule has 1 rings (SSSR count). The van der Waals surface area contributed by atoms with Crippen molar-refractivity contribution in [3.05, 3.63) is 35.4 Å². The van der Waals surface area contributed by atoms with Crippen LogP contribution in [0.4, 0.5) is 0 Å². The van der Waals surface area contributed by atoms with Gasteiger partial charge in [0.05, 0.1) is 7.11 Å². The Labute approximate surface area is 91.3 Å². The van der Waals surface area contributed by atoms with E-state index in [2.05, 4.69) is 24.9 Å². The summed E-state index contributed by atoms with van der Waals surface area (Å²) in [5.74, 6) is 0.902. The molecule has 0 spiro atoms. The first-order chi connectivity index (χ1) is 7.19. The number of aliphatic imine (C=N–C) groups is 1. The van der Waals surface area contributed by atoms with Crippen molar-refractivity contribution in [3.8, 4) is 5.75 Å². The summed E-state index contributed by atoms with van der Waals surface area (Å²) in [7, 11) is 3.45. The second kappa shape index (κ2) is 5.35. The van der Waals surface area contributed by atoms with Gasteiger partial charge in [-0.15, -0.1) is 0 Å². The summed E-state index contributed by atoms with van der Waals surface area (Å²) in [4.78, 5) is 3.94. The lowest BCUT2D eigenvalue weighted by molar-refractivity contribution is 0.413. The Morgan fingerprint density at radius 2 is 2.13 bits per heavy atom. The maximum Gasteiger partial charge on any atom is 0.126 e. The molecule has 0 radical (unpaired) electrons. The van der Waals surface area contributed by atoms with Gasteiger partial charge in [-0.25, -0.2) is 0 Å². The third kappa shape index (κ3) is 2.94. The lowest BCUT2D eigenvalue weighted by atomic mass is 10.0. The Morgan fingerprint density at radius 1 is 1.40 bits per heavy atom. The summed E-state index contributed by atoms with van der Waals surface area (Å²) in [5.41, 5.74) is 3.51. The van der Waals surface area contributed by atoms with E-state index in [-0.39, 0.29) is 0 Å². The molecule has 2 nitrogen and oxygen atoms in total. The number of benzene rings is 1. The first kappa shape index (κ1) is 11.5. The molecule has 15 heavy (non-hydrogen) atoms. The van der Waals surface area contributed by atoms with Gasteiger partial charge in [-0.1, -0.05) is 11.6 Å². The summed E-state index contributed by atoms with van der Waals surface area (Å²) in [6.07, 6.45) is 3.77. The molecule has 0 bridgehead atoms. The summed E-state index contributed by atoms with van der Waals surface area (Å²) in [5, 5.41) is 0. The van der Waals surface area contributed by atoms with E-state index in [0.717, 1.165) is 16.9 Å². The van der Waals surface area contributed by atoms with Crippen LogP contribution in [-0.2, 0) is 0 Å². The van der Waals surface area contributed by atoms with Crippen molar-refractivity contribution < 1.29 is 4.74 Å². The fraction of sp³-hybridized carbons (Fsp3) is 0.308. The molecule has 0 aliphatic rings. The Balaban J connectivity index is 3.16. The zero-order chi connectivity index (χ0) is 11.3. The summed E-state index contributed by atoms with van der Waals surface area (Å²) >= 11 is 0. The first-order valence-electron chi connectivity index (χ1n) is 4.93. The molecule has 0 atom stereocenters. The molecule has 0 fully saturated rings. The topological polar surface area (TPSA) is 21.6 Å². The van der Waals surface area contributed by atoms with Crippen LogP contribution in [0.1, 0.15) is 18.1 Å². The molecule has 0 saturated carbocycles.